The first kappa shape index (κ1) is 24.1. The molecule has 1 saturated carbocycles. The van der Waals surface area contributed by atoms with Gasteiger partial charge in [-0.25, -0.2) is 4.79 Å². The van der Waals surface area contributed by atoms with E-state index in [1.165, 1.54) is 6.92 Å². The van der Waals surface area contributed by atoms with E-state index in [1.54, 1.807) is 25.1 Å². The van der Waals surface area contributed by atoms with Crippen molar-refractivity contribution in [1.82, 2.24) is 0 Å². The molecule has 2 fully saturated rings. The standard InChI is InChI=1S/C26H31NO7/c1-4-31-22-13-17(10-11-21(22)34-16(3)28)24-23(26(30)33-14-18-7-6-12-32-18)15(2)27-19-8-5-9-20(29)25(19)24/h10-11,13,18,24-25H,4-9,12,14H2,1-3H3/t18-,24-,25?/m0/s1. The van der Waals surface area contributed by atoms with Crippen molar-refractivity contribution in [3.8, 4) is 11.5 Å². The van der Waals surface area contributed by atoms with Crippen LogP contribution < -0.4 is 9.47 Å². The molecule has 2 heterocycles. The molecular formula is C26H31NO7. The predicted octanol–water partition coefficient (Wildman–Crippen LogP) is 3.91. The molecule has 0 amide bonds. The zero-order chi connectivity index (χ0) is 24.2. The Morgan fingerprint density at radius 3 is 2.68 bits per heavy atom. The van der Waals surface area contributed by atoms with Crippen LogP contribution in [0.4, 0.5) is 0 Å². The number of hydrogen-bond donors (Lipinski definition) is 0. The number of benzene rings is 1. The van der Waals surface area contributed by atoms with E-state index < -0.39 is 23.8 Å². The molecule has 1 aromatic carbocycles. The lowest BCUT2D eigenvalue weighted by atomic mass is 9.69. The molecule has 1 saturated heterocycles. The summed E-state index contributed by atoms with van der Waals surface area (Å²) in [7, 11) is 0. The van der Waals surface area contributed by atoms with Crippen LogP contribution in [0.2, 0.25) is 0 Å². The Balaban J connectivity index is 1.73. The van der Waals surface area contributed by atoms with Crippen molar-refractivity contribution in [2.75, 3.05) is 19.8 Å². The third-order valence-electron chi connectivity index (χ3n) is 6.43. The molecule has 0 spiro atoms. The predicted molar refractivity (Wildman–Crippen MR) is 124 cm³/mol. The summed E-state index contributed by atoms with van der Waals surface area (Å²) in [6.45, 7) is 6.15. The molecule has 8 heteroatoms. The minimum absolute atomic E-state index is 0.0638. The summed E-state index contributed by atoms with van der Waals surface area (Å²) >= 11 is 0. The lowest BCUT2D eigenvalue weighted by Crippen LogP contribution is -2.39. The van der Waals surface area contributed by atoms with Gasteiger partial charge in [0, 0.05) is 37.3 Å². The second-order valence-corrected chi connectivity index (χ2v) is 8.84. The maximum Gasteiger partial charge on any atom is 0.336 e. The summed E-state index contributed by atoms with van der Waals surface area (Å²) in [5.41, 5.74) is 2.46. The van der Waals surface area contributed by atoms with Crippen LogP contribution in [0.5, 0.6) is 11.5 Å². The van der Waals surface area contributed by atoms with Crippen molar-refractivity contribution in [3.63, 3.8) is 0 Å². The average Bonchev–Trinajstić information content (AvgIpc) is 3.31. The fraction of sp³-hybridized carbons (Fsp3) is 0.538. The van der Waals surface area contributed by atoms with Gasteiger partial charge in [0.25, 0.3) is 0 Å². The Labute approximate surface area is 199 Å². The number of nitrogens with zero attached hydrogens (tertiary/aromatic N) is 1. The van der Waals surface area contributed by atoms with Crippen LogP contribution in [0.3, 0.4) is 0 Å². The number of rotatable bonds is 7. The Kier molecular flexibility index (Phi) is 7.46. The van der Waals surface area contributed by atoms with Gasteiger partial charge in [-0.1, -0.05) is 6.07 Å². The first-order chi connectivity index (χ1) is 16.4. The smallest absolute Gasteiger partial charge is 0.336 e. The van der Waals surface area contributed by atoms with Crippen molar-refractivity contribution in [1.29, 1.82) is 0 Å². The molecule has 1 aliphatic carbocycles. The van der Waals surface area contributed by atoms with Crippen LogP contribution in [0.1, 0.15) is 64.4 Å². The van der Waals surface area contributed by atoms with Gasteiger partial charge in [0.2, 0.25) is 0 Å². The van der Waals surface area contributed by atoms with E-state index in [4.69, 9.17) is 18.9 Å². The molecule has 0 N–H and O–H groups in total. The molecular weight excluding hydrogens is 438 g/mol. The number of Topliss-reactive ketones (excluding diaryl/α,β-unsaturated/α-hetero) is 1. The van der Waals surface area contributed by atoms with Crippen LogP contribution >= 0.6 is 0 Å². The van der Waals surface area contributed by atoms with E-state index in [2.05, 4.69) is 4.99 Å². The van der Waals surface area contributed by atoms with Gasteiger partial charge in [-0.2, -0.15) is 0 Å². The number of hydrogen-bond acceptors (Lipinski definition) is 8. The summed E-state index contributed by atoms with van der Waals surface area (Å²) in [6.07, 6.45) is 3.62. The third kappa shape index (κ3) is 5.06. The van der Waals surface area contributed by atoms with E-state index in [0.29, 0.717) is 48.8 Å². The van der Waals surface area contributed by atoms with E-state index in [-0.39, 0.29) is 18.5 Å². The largest absolute Gasteiger partial charge is 0.490 e. The molecule has 1 unspecified atom stereocenters. The summed E-state index contributed by atoms with van der Waals surface area (Å²) in [4.78, 5) is 42.6. The Hall–Kier alpha value is -3.00. The van der Waals surface area contributed by atoms with Crippen molar-refractivity contribution in [2.24, 2.45) is 10.9 Å². The first-order valence-electron chi connectivity index (χ1n) is 11.9. The minimum atomic E-state index is -0.553. The maximum absolute atomic E-state index is 13.3. The number of carbonyl (C=O) groups is 3. The van der Waals surface area contributed by atoms with Gasteiger partial charge >= 0.3 is 11.9 Å². The van der Waals surface area contributed by atoms with E-state index in [0.717, 1.165) is 30.5 Å². The second kappa shape index (κ2) is 10.5. The third-order valence-corrected chi connectivity index (χ3v) is 6.43. The molecule has 0 bridgehead atoms. The summed E-state index contributed by atoms with van der Waals surface area (Å²) in [6, 6.07) is 5.17. The number of ether oxygens (including phenoxy) is 4. The van der Waals surface area contributed by atoms with E-state index in [1.807, 2.05) is 6.92 Å². The number of aliphatic imine (C=N–C) groups is 1. The lowest BCUT2D eigenvalue weighted by Gasteiger charge is -2.35. The summed E-state index contributed by atoms with van der Waals surface area (Å²) in [5, 5.41) is 0. The molecule has 8 nitrogen and oxygen atoms in total. The van der Waals surface area contributed by atoms with Crippen LogP contribution in [0, 0.1) is 5.92 Å². The summed E-state index contributed by atoms with van der Waals surface area (Å²) in [5.74, 6) is -1.29. The molecule has 34 heavy (non-hydrogen) atoms. The number of ketones is 1. The monoisotopic (exact) mass is 469 g/mol. The highest BCUT2D eigenvalue weighted by atomic mass is 16.6. The van der Waals surface area contributed by atoms with Gasteiger partial charge in [0.1, 0.15) is 12.4 Å². The average molecular weight is 470 g/mol. The quantitative estimate of drug-likeness (QED) is 0.441. The molecule has 3 aliphatic rings. The SMILES string of the molecule is CCOc1cc([C@H]2C(C(=O)OC[C@@H]3CCCO3)=C(C)N=C3CCCC(=O)C32)ccc1OC(C)=O. The number of allylic oxidation sites excluding steroid dienone is 1. The van der Waals surface area contributed by atoms with Crippen molar-refractivity contribution >= 4 is 23.4 Å². The van der Waals surface area contributed by atoms with Crippen molar-refractivity contribution in [2.45, 2.75) is 64.9 Å². The Bertz CT molecular complexity index is 1040. The minimum Gasteiger partial charge on any atom is -0.490 e. The normalized spacial score (nSPS) is 24.4. The van der Waals surface area contributed by atoms with Crippen LogP contribution in [-0.4, -0.2) is 49.4 Å². The van der Waals surface area contributed by atoms with Crippen molar-refractivity contribution in [3.05, 3.63) is 35.0 Å². The van der Waals surface area contributed by atoms with Gasteiger partial charge in [0.15, 0.2) is 11.5 Å². The molecule has 0 radical (unpaired) electrons. The number of esters is 2. The van der Waals surface area contributed by atoms with Crippen LogP contribution in [0.25, 0.3) is 0 Å². The highest BCUT2D eigenvalue weighted by molar-refractivity contribution is 6.11. The first-order valence-corrected chi connectivity index (χ1v) is 11.9. The molecule has 0 aromatic heterocycles. The van der Waals surface area contributed by atoms with Gasteiger partial charge in [0.05, 0.1) is 24.2 Å². The summed E-state index contributed by atoms with van der Waals surface area (Å²) < 4.78 is 22.3. The van der Waals surface area contributed by atoms with Gasteiger partial charge in [-0.15, -0.1) is 0 Å². The van der Waals surface area contributed by atoms with E-state index in [9.17, 15) is 14.4 Å². The Morgan fingerprint density at radius 1 is 1.15 bits per heavy atom. The topological polar surface area (TPSA) is 100 Å². The van der Waals surface area contributed by atoms with Crippen LogP contribution in [0.15, 0.2) is 34.5 Å². The molecule has 2 aliphatic heterocycles. The zero-order valence-electron chi connectivity index (χ0n) is 19.9. The van der Waals surface area contributed by atoms with Gasteiger partial charge in [-0.3, -0.25) is 14.6 Å². The van der Waals surface area contributed by atoms with Gasteiger partial charge in [-0.05, 0) is 57.2 Å². The lowest BCUT2D eigenvalue weighted by molar-refractivity contribution is -0.142. The van der Waals surface area contributed by atoms with Crippen LogP contribution in [-0.2, 0) is 23.9 Å². The second-order valence-electron chi connectivity index (χ2n) is 8.84. The Morgan fingerprint density at radius 2 is 1.97 bits per heavy atom. The zero-order valence-corrected chi connectivity index (χ0v) is 19.9. The fourth-order valence-electron chi connectivity index (χ4n) is 4.99. The molecule has 182 valence electrons. The highest BCUT2D eigenvalue weighted by Gasteiger charge is 2.44. The number of carbonyl (C=O) groups excluding carboxylic acids is 3. The van der Waals surface area contributed by atoms with Gasteiger partial charge < -0.3 is 18.9 Å². The molecule has 3 atom stereocenters. The molecule has 4 rings (SSSR count). The maximum atomic E-state index is 13.3. The van der Waals surface area contributed by atoms with Crippen molar-refractivity contribution < 1.29 is 33.3 Å². The van der Waals surface area contributed by atoms with E-state index >= 15 is 0 Å². The number of fused-ring (bicyclic) bond motifs is 1. The fourth-order valence-corrected chi connectivity index (χ4v) is 4.99. The highest BCUT2D eigenvalue weighted by Crippen LogP contribution is 2.45. The molecule has 1 aromatic rings.